The molecule has 0 saturated heterocycles. The third-order valence-electron chi connectivity index (χ3n) is 2.87. The Balaban J connectivity index is 2.31. The van der Waals surface area contributed by atoms with Gasteiger partial charge in [-0.2, -0.15) is 0 Å². The first-order valence-electron chi connectivity index (χ1n) is 5.06. The van der Waals surface area contributed by atoms with Crippen LogP contribution >= 0.6 is 27.5 Å². The van der Waals surface area contributed by atoms with Crippen molar-refractivity contribution in [2.45, 2.75) is 19.8 Å². The van der Waals surface area contributed by atoms with E-state index in [0.717, 1.165) is 39.7 Å². The average molecular weight is 299 g/mol. The van der Waals surface area contributed by atoms with E-state index in [1.165, 1.54) is 5.56 Å². The third kappa shape index (κ3) is 1.40. The number of hydrogen-bond acceptors (Lipinski definition) is 2. The smallest absolute Gasteiger partial charge is 0.137 e. The number of fused-ring (bicyclic) bond motifs is 3. The molecular formula is C11H9BrClN3. The second-order valence-corrected chi connectivity index (χ2v) is 5.16. The minimum absolute atomic E-state index is 0.722. The lowest BCUT2D eigenvalue weighted by Gasteiger charge is -2.19. The van der Waals surface area contributed by atoms with E-state index in [1.807, 2.05) is 13.0 Å². The molecule has 0 fully saturated rings. The summed E-state index contributed by atoms with van der Waals surface area (Å²) in [4.78, 5) is 0. The molecule has 3 nitrogen and oxygen atoms in total. The summed E-state index contributed by atoms with van der Waals surface area (Å²) in [5.74, 6) is 1.93. The molecule has 0 amide bonds. The number of benzene rings is 1. The molecule has 1 aromatic heterocycles. The summed E-state index contributed by atoms with van der Waals surface area (Å²) in [7, 11) is 0. The second-order valence-electron chi connectivity index (χ2n) is 3.89. The monoisotopic (exact) mass is 297 g/mol. The van der Waals surface area contributed by atoms with Crippen molar-refractivity contribution in [3.8, 4) is 5.69 Å². The predicted octanol–water partition coefficient (Wildman–Crippen LogP) is 3.09. The van der Waals surface area contributed by atoms with Gasteiger partial charge in [-0.05, 0) is 47.0 Å². The Hall–Kier alpha value is -0.870. The summed E-state index contributed by atoms with van der Waals surface area (Å²) in [6, 6.07) is 4.06. The second kappa shape index (κ2) is 3.57. The highest BCUT2D eigenvalue weighted by atomic mass is 79.9. The van der Waals surface area contributed by atoms with Crippen molar-refractivity contribution in [1.29, 1.82) is 0 Å². The van der Waals surface area contributed by atoms with Crippen molar-refractivity contribution in [3.63, 3.8) is 0 Å². The average Bonchev–Trinajstić information content (AvgIpc) is 2.63. The lowest BCUT2D eigenvalue weighted by molar-refractivity contribution is 0.766. The van der Waals surface area contributed by atoms with Gasteiger partial charge >= 0.3 is 0 Å². The first kappa shape index (κ1) is 10.3. The highest BCUT2D eigenvalue weighted by Gasteiger charge is 2.20. The van der Waals surface area contributed by atoms with Crippen molar-refractivity contribution in [2.24, 2.45) is 0 Å². The maximum absolute atomic E-state index is 6.13. The molecule has 16 heavy (non-hydrogen) atoms. The molecule has 3 rings (SSSR count). The maximum atomic E-state index is 6.13. The van der Waals surface area contributed by atoms with E-state index < -0.39 is 0 Å². The zero-order valence-corrected chi connectivity index (χ0v) is 11.0. The van der Waals surface area contributed by atoms with Gasteiger partial charge in [0.25, 0.3) is 0 Å². The number of halogens is 2. The molecule has 0 aliphatic carbocycles. The molecule has 0 bridgehead atoms. The van der Waals surface area contributed by atoms with E-state index in [2.05, 4.69) is 36.8 Å². The van der Waals surface area contributed by atoms with Crippen LogP contribution in [0.15, 0.2) is 16.6 Å². The Morgan fingerprint density at radius 3 is 2.94 bits per heavy atom. The van der Waals surface area contributed by atoms with Gasteiger partial charge in [-0.25, -0.2) is 0 Å². The van der Waals surface area contributed by atoms with Crippen LogP contribution in [0.4, 0.5) is 0 Å². The fraction of sp³-hybridized carbons (Fsp3) is 0.273. The van der Waals surface area contributed by atoms with Gasteiger partial charge in [0.1, 0.15) is 11.6 Å². The quantitative estimate of drug-likeness (QED) is 0.748. The summed E-state index contributed by atoms with van der Waals surface area (Å²) in [5, 5.41) is 8.99. The Morgan fingerprint density at radius 1 is 1.31 bits per heavy atom. The zero-order chi connectivity index (χ0) is 11.3. The first-order valence-corrected chi connectivity index (χ1v) is 6.23. The Morgan fingerprint density at radius 2 is 2.12 bits per heavy atom. The molecule has 2 heterocycles. The van der Waals surface area contributed by atoms with E-state index in [-0.39, 0.29) is 0 Å². The number of hydrogen-bond donors (Lipinski definition) is 0. The van der Waals surface area contributed by atoms with Gasteiger partial charge in [-0.1, -0.05) is 11.6 Å². The summed E-state index contributed by atoms with van der Waals surface area (Å²) in [6.07, 6.45) is 1.92. The number of nitrogens with zero attached hydrogens (tertiary/aromatic N) is 3. The number of aromatic nitrogens is 3. The van der Waals surface area contributed by atoms with Crippen LogP contribution in [0, 0.1) is 6.92 Å². The van der Waals surface area contributed by atoms with E-state index >= 15 is 0 Å². The molecule has 5 heteroatoms. The summed E-state index contributed by atoms with van der Waals surface area (Å²) >= 11 is 9.58. The van der Waals surface area contributed by atoms with E-state index in [1.54, 1.807) is 0 Å². The van der Waals surface area contributed by atoms with Gasteiger partial charge in [-0.3, -0.25) is 4.57 Å². The van der Waals surface area contributed by atoms with Gasteiger partial charge in [-0.15, -0.1) is 10.2 Å². The van der Waals surface area contributed by atoms with Gasteiger partial charge in [0, 0.05) is 10.9 Å². The SMILES string of the molecule is Cc1nnc2n1-c1cc(Cl)c(Br)cc1CC2. The van der Waals surface area contributed by atoms with E-state index in [9.17, 15) is 0 Å². The standard InChI is InChI=1S/C11H9BrClN3/c1-6-14-15-11-3-2-7-4-8(12)9(13)5-10(7)16(6)11/h4-5H,2-3H2,1H3. The van der Waals surface area contributed by atoms with Crippen molar-refractivity contribution < 1.29 is 0 Å². The Labute approximate surface area is 107 Å². The van der Waals surface area contributed by atoms with Crippen LogP contribution in [0.25, 0.3) is 5.69 Å². The van der Waals surface area contributed by atoms with Gasteiger partial charge < -0.3 is 0 Å². The normalized spacial score (nSPS) is 13.4. The Kier molecular flexibility index (Phi) is 2.30. The molecule has 0 unspecified atom stereocenters. The first-order chi connectivity index (χ1) is 7.66. The minimum atomic E-state index is 0.722. The summed E-state index contributed by atoms with van der Waals surface area (Å²) in [6.45, 7) is 1.96. The minimum Gasteiger partial charge on any atom is -0.283 e. The largest absolute Gasteiger partial charge is 0.283 e. The lowest BCUT2D eigenvalue weighted by Crippen LogP contribution is -2.13. The fourth-order valence-electron chi connectivity index (χ4n) is 2.11. The fourth-order valence-corrected chi connectivity index (χ4v) is 2.66. The van der Waals surface area contributed by atoms with Crippen LogP contribution in [-0.4, -0.2) is 14.8 Å². The van der Waals surface area contributed by atoms with Gasteiger partial charge in [0.05, 0.1) is 10.7 Å². The zero-order valence-electron chi connectivity index (χ0n) is 8.67. The van der Waals surface area contributed by atoms with Gasteiger partial charge in [0.2, 0.25) is 0 Å². The third-order valence-corrected chi connectivity index (χ3v) is 4.07. The van der Waals surface area contributed by atoms with Crippen LogP contribution in [0.2, 0.25) is 5.02 Å². The molecule has 2 aromatic rings. The van der Waals surface area contributed by atoms with Crippen LogP contribution in [-0.2, 0) is 12.8 Å². The van der Waals surface area contributed by atoms with Crippen LogP contribution < -0.4 is 0 Å². The van der Waals surface area contributed by atoms with Crippen LogP contribution in [0.3, 0.4) is 0 Å². The molecule has 1 aliphatic heterocycles. The lowest BCUT2D eigenvalue weighted by atomic mass is 10.0. The van der Waals surface area contributed by atoms with E-state index in [0.29, 0.717) is 0 Å². The van der Waals surface area contributed by atoms with Crippen molar-refractivity contribution in [2.75, 3.05) is 0 Å². The molecule has 0 saturated carbocycles. The predicted molar refractivity (Wildman–Crippen MR) is 66.2 cm³/mol. The van der Waals surface area contributed by atoms with Crippen molar-refractivity contribution in [1.82, 2.24) is 14.8 Å². The molecule has 0 radical (unpaired) electrons. The van der Waals surface area contributed by atoms with Crippen molar-refractivity contribution in [3.05, 3.63) is 38.8 Å². The summed E-state index contributed by atoms with van der Waals surface area (Å²) < 4.78 is 3.03. The maximum Gasteiger partial charge on any atom is 0.137 e. The van der Waals surface area contributed by atoms with Gasteiger partial charge in [0.15, 0.2) is 0 Å². The Bertz CT molecular complexity index is 577. The topological polar surface area (TPSA) is 30.7 Å². The molecular weight excluding hydrogens is 289 g/mol. The number of aryl methyl sites for hydroxylation is 3. The molecule has 0 spiro atoms. The van der Waals surface area contributed by atoms with Crippen LogP contribution in [0.1, 0.15) is 17.2 Å². The molecule has 82 valence electrons. The number of rotatable bonds is 0. The van der Waals surface area contributed by atoms with Crippen molar-refractivity contribution >= 4 is 27.5 Å². The summed E-state index contributed by atoms with van der Waals surface area (Å²) in [5.41, 5.74) is 2.39. The highest BCUT2D eigenvalue weighted by Crippen LogP contribution is 2.32. The molecule has 1 aliphatic rings. The molecule has 0 atom stereocenters. The highest BCUT2D eigenvalue weighted by molar-refractivity contribution is 9.10. The van der Waals surface area contributed by atoms with E-state index in [4.69, 9.17) is 11.6 Å². The molecule has 0 N–H and O–H groups in total. The van der Waals surface area contributed by atoms with Crippen LogP contribution in [0.5, 0.6) is 0 Å². The molecule has 1 aromatic carbocycles.